The van der Waals surface area contributed by atoms with Crippen LogP contribution in [-0.4, -0.2) is 43.5 Å². The van der Waals surface area contributed by atoms with E-state index in [2.05, 4.69) is 67.5 Å². The van der Waals surface area contributed by atoms with Crippen LogP contribution in [0.15, 0.2) is 47.5 Å². The monoisotopic (exact) mass is 673 g/mol. The van der Waals surface area contributed by atoms with Gasteiger partial charge in [0.15, 0.2) is 0 Å². The van der Waals surface area contributed by atoms with E-state index in [-0.39, 0.29) is 64.8 Å². The zero-order valence-electron chi connectivity index (χ0n) is 27.9. The van der Waals surface area contributed by atoms with E-state index in [1.165, 1.54) is 0 Å². The fourth-order valence-electron chi connectivity index (χ4n) is 6.59. The van der Waals surface area contributed by atoms with Gasteiger partial charge in [-0.25, -0.2) is 5.10 Å². The summed E-state index contributed by atoms with van der Waals surface area (Å²) < 4.78 is 0. The topological polar surface area (TPSA) is 115 Å². The molecular formula is C34H42Cl2N7NaO2. The second kappa shape index (κ2) is 14.4. The van der Waals surface area contributed by atoms with Crippen molar-refractivity contribution in [3.8, 4) is 0 Å². The molecule has 0 radical (unpaired) electrons. The Bertz CT molecular complexity index is 1540. The fraction of sp³-hybridized carbons (Fsp3) is 0.529. The molecule has 0 saturated heterocycles. The van der Waals surface area contributed by atoms with Gasteiger partial charge in [-0.15, -0.1) is 0 Å². The molecule has 3 aromatic rings. The number of halogens is 2. The van der Waals surface area contributed by atoms with Gasteiger partial charge in [-0.05, 0) is 91.2 Å². The largest absolute Gasteiger partial charge is 1.00 e. The molecule has 0 bridgehead atoms. The van der Waals surface area contributed by atoms with Crippen molar-refractivity contribution in [2.45, 2.75) is 98.3 Å². The Morgan fingerprint density at radius 1 is 1.04 bits per heavy atom. The van der Waals surface area contributed by atoms with Gasteiger partial charge in [-0.2, -0.15) is 0 Å². The molecule has 46 heavy (non-hydrogen) atoms. The maximum absolute atomic E-state index is 14.6. The number of nitrogens with one attached hydrogen (secondary N) is 1. The smallest absolute Gasteiger partial charge is 0.347 e. The van der Waals surface area contributed by atoms with E-state index >= 15 is 0 Å². The summed E-state index contributed by atoms with van der Waals surface area (Å²) in [5, 5.41) is 18.2. The van der Waals surface area contributed by atoms with E-state index in [0.717, 1.165) is 44.1 Å². The zero-order valence-corrected chi connectivity index (χ0v) is 31.4. The van der Waals surface area contributed by atoms with Crippen molar-refractivity contribution in [1.82, 2.24) is 30.8 Å². The van der Waals surface area contributed by atoms with Gasteiger partial charge in [-0.1, -0.05) is 76.9 Å². The minimum absolute atomic E-state index is 0. The molecule has 9 nitrogen and oxygen atoms in total. The summed E-state index contributed by atoms with van der Waals surface area (Å²) in [5.74, 6) is 0.518. The third kappa shape index (κ3) is 8.40. The number of hydrogen-bond donors (Lipinski definition) is 1. The molecule has 12 heteroatoms. The van der Waals surface area contributed by atoms with E-state index in [1.807, 2.05) is 17.0 Å². The Labute approximate surface area is 304 Å². The Morgan fingerprint density at radius 3 is 2.22 bits per heavy atom. The quantitative estimate of drug-likeness (QED) is 0.359. The number of hydrogen-bond acceptors (Lipinski definition) is 6. The first kappa shape index (κ1) is 36.5. The van der Waals surface area contributed by atoms with Gasteiger partial charge in [0.2, 0.25) is 0 Å². The standard InChI is InChI=1S/C34H43Cl2N7O2.Na/c1-32(2,3)14-13-27(21-7-9-22(10-8-21)30(44)37-20-28-39-41-42-40-28)43-31(45)29(23-17-25(35)19-26(36)18-23)38-34(43)15-11-24(12-16-34)33(4,5)6;/h7-10,17-19,24,27H,11-16,20H2,1-6H3,(H2,37,39,40,41,42,44);/q;+1/p-1/t24?,27-,34?;/m1./s1. The summed E-state index contributed by atoms with van der Waals surface area (Å²) in [6.45, 7) is 13.7. The molecule has 0 unspecified atom stereocenters. The van der Waals surface area contributed by atoms with Crippen molar-refractivity contribution >= 4 is 40.7 Å². The summed E-state index contributed by atoms with van der Waals surface area (Å²) in [7, 11) is 0. The van der Waals surface area contributed by atoms with E-state index in [0.29, 0.717) is 38.6 Å². The van der Waals surface area contributed by atoms with Crippen molar-refractivity contribution < 1.29 is 39.1 Å². The molecule has 1 aromatic heterocycles. The van der Waals surface area contributed by atoms with Crippen LogP contribution in [0.25, 0.3) is 0 Å². The summed E-state index contributed by atoms with van der Waals surface area (Å²) in [4.78, 5) is 34.8. The Morgan fingerprint density at radius 2 is 1.67 bits per heavy atom. The third-order valence-electron chi connectivity index (χ3n) is 9.14. The number of carbonyl (C=O) groups excluding carboxylic acids is 2. The van der Waals surface area contributed by atoms with E-state index in [1.54, 1.807) is 30.3 Å². The predicted molar refractivity (Wildman–Crippen MR) is 176 cm³/mol. The number of carbonyl (C=O) groups is 2. The maximum atomic E-state index is 14.6. The second-order valence-corrected chi connectivity index (χ2v) is 15.5. The average molecular weight is 675 g/mol. The van der Waals surface area contributed by atoms with Crippen LogP contribution in [0.2, 0.25) is 10.0 Å². The molecule has 2 heterocycles. The van der Waals surface area contributed by atoms with Gasteiger partial charge in [0.1, 0.15) is 11.4 Å². The Hall–Kier alpha value is -2.30. The number of amides is 2. The van der Waals surface area contributed by atoms with Crippen LogP contribution < -0.4 is 40.1 Å². The van der Waals surface area contributed by atoms with E-state index < -0.39 is 5.66 Å². The predicted octanol–water partition coefficient (Wildman–Crippen LogP) is 4.20. The number of benzene rings is 2. The van der Waals surface area contributed by atoms with Crippen molar-refractivity contribution in [2.75, 3.05) is 0 Å². The summed E-state index contributed by atoms with van der Waals surface area (Å²) in [6.07, 6.45) is 5.15. The van der Waals surface area contributed by atoms with Crippen LogP contribution in [0.3, 0.4) is 0 Å². The summed E-state index contributed by atoms with van der Waals surface area (Å²) in [6, 6.07) is 12.5. The molecule has 5 rings (SSSR count). The number of aliphatic imine (C=N–C) groups is 1. The summed E-state index contributed by atoms with van der Waals surface area (Å²) in [5.41, 5.74) is 2.06. The van der Waals surface area contributed by atoms with Crippen molar-refractivity contribution in [3.63, 3.8) is 0 Å². The zero-order chi connectivity index (χ0) is 32.6. The first-order valence-electron chi connectivity index (χ1n) is 15.6. The van der Waals surface area contributed by atoms with Crippen LogP contribution in [-0.2, 0) is 11.3 Å². The van der Waals surface area contributed by atoms with Crippen molar-refractivity contribution in [1.29, 1.82) is 0 Å². The molecule has 1 atom stereocenters. The van der Waals surface area contributed by atoms with Gasteiger partial charge in [0.25, 0.3) is 11.8 Å². The molecule has 2 amide bonds. The molecule has 1 N–H and O–H groups in total. The van der Waals surface area contributed by atoms with Crippen LogP contribution in [0.4, 0.5) is 0 Å². The molecule has 1 saturated carbocycles. The molecule has 1 fully saturated rings. The van der Waals surface area contributed by atoms with E-state index in [9.17, 15) is 9.59 Å². The third-order valence-corrected chi connectivity index (χ3v) is 9.58. The Balaban J connectivity index is 0.00000480. The first-order chi connectivity index (χ1) is 21.1. The number of nitrogens with zero attached hydrogens (tertiary/aromatic N) is 6. The van der Waals surface area contributed by atoms with Crippen LogP contribution in [0.1, 0.15) is 113 Å². The molecule has 2 aliphatic rings. The normalized spacial score (nSPS) is 20.8. The van der Waals surface area contributed by atoms with Crippen molar-refractivity contribution in [3.05, 3.63) is 75.0 Å². The number of tetrazole rings is 1. The van der Waals surface area contributed by atoms with Crippen molar-refractivity contribution in [2.24, 2.45) is 21.7 Å². The molecule has 2 aromatic carbocycles. The average Bonchev–Trinajstić information content (AvgIpc) is 3.58. The number of rotatable bonds is 8. The molecule has 1 aliphatic heterocycles. The minimum Gasteiger partial charge on any atom is -0.347 e. The van der Waals surface area contributed by atoms with Gasteiger partial charge in [0.05, 0.1) is 18.4 Å². The molecule has 1 spiro atoms. The van der Waals surface area contributed by atoms with Gasteiger partial charge in [0, 0.05) is 21.2 Å². The fourth-order valence-corrected chi connectivity index (χ4v) is 7.11. The van der Waals surface area contributed by atoms with Gasteiger partial charge >= 0.3 is 29.6 Å². The van der Waals surface area contributed by atoms with Gasteiger partial charge in [-0.3, -0.25) is 25.0 Å². The molecular weight excluding hydrogens is 632 g/mol. The maximum Gasteiger partial charge on any atom is 1.00 e. The molecule has 240 valence electrons. The summed E-state index contributed by atoms with van der Waals surface area (Å²) >= 11 is 12.8. The second-order valence-electron chi connectivity index (χ2n) is 14.6. The van der Waals surface area contributed by atoms with Crippen LogP contribution in [0.5, 0.6) is 0 Å². The molecule has 1 aliphatic carbocycles. The van der Waals surface area contributed by atoms with Crippen LogP contribution >= 0.6 is 23.2 Å². The van der Waals surface area contributed by atoms with E-state index in [4.69, 9.17) is 28.2 Å². The first-order valence-corrected chi connectivity index (χ1v) is 16.4. The SMILES string of the molecule is CC(C)(C)CC[C@H](c1ccc(C(=O)NCc2nn[n-]n2)cc1)N1C(=O)C(c2cc(Cl)cc(Cl)c2)=NC12CCC(C(C)(C)C)CC2.[Na+]. The van der Waals surface area contributed by atoms with Crippen LogP contribution in [0, 0.1) is 16.7 Å². The number of aromatic nitrogens is 4. The Kier molecular flexibility index (Phi) is 11.5. The van der Waals surface area contributed by atoms with Gasteiger partial charge < -0.3 is 15.3 Å². The minimum atomic E-state index is -0.677.